The summed E-state index contributed by atoms with van der Waals surface area (Å²) in [6.07, 6.45) is 3.37. The van der Waals surface area contributed by atoms with Gasteiger partial charge in [-0.2, -0.15) is 5.26 Å². The Bertz CT molecular complexity index is 998. The van der Waals surface area contributed by atoms with Crippen molar-refractivity contribution in [2.45, 2.75) is 19.0 Å². The maximum Gasteiger partial charge on any atom is 0.262 e. The van der Waals surface area contributed by atoms with Gasteiger partial charge in [0.2, 0.25) is 0 Å². The Morgan fingerprint density at radius 2 is 1.52 bits per heavy atom. The number of rotatable bonds is 3. The molecule has 2 atom stereocenters. The maximum absolute atomic E-state index is 12.8. The third-order valence-electron chi connectivity index (χ3n) is 4.90. The van der Waals surface area contributed by atoms with Crippen LogP contribution >= 0.6 is 0 Å². The van der Waals surface area contributed by atoms with E-state index >= 15 is 0 Å². The van der Waals surface area contributed by atoms with E-state index in [0.29, 0.717) is 16.7 Å². The predicted molar refractivity (Wildman–Crippen MR) is 96.3 cm³/mol. The second kappa shape index (κ2) is 6.22. The van der Waals surface area contributed by atoms with E-state index in [-0.39, 0.29) is 5.91 Å². The first-order valence-corrected chi connectivity index (χ1v) is 8.50. The molecule has 0 N–H and O–H groups in total. The summed E-state index contributed by atoms with van der Waals surface area (Å²) in [7, 11) is 0. The quantitative estimate of drug-likeness (QED) is 0.625. The SMILES string of the molecule is C/C=C\N1C(=O)C(N2C(=O)c3ccccc3C2=O)C1c1ccc(C#N)cc1. The van der Waals surface area contributed by atoms with Crippen molar-refractivity contribution < 1.29 is 14.4 Å². The zero-order chi connectivity index (χ0) is 19.1. The van der Waals surface area contributed by atoms with Gasteiger partial charge in [0.05, 0.1) is 28.8 Å². The highest BCUT2D eigenvalue weighted by Gasteiger charge is 2.56. The number of β-lactam (4-membered cyclic amide) rings is 1. The van der Waals surface area contributed by atoms with Gasteiger partial charge in [0.1, 0.15) is 6.04 Å². The maximum atomic E-state index is 12.8. The standard InChI is InChI=1S/C21H15N3O3/c1-2-11-23-17(14-9-7-13(12-22)8-10-14)18(21(23)27)24-19(25)15-5-3-4-6-16(15)20(24)26/h2-11,17-18H,1H3/b11-2-. The minimum atomic E-state index is -0.901. The fraction of sp³-hybridized carbons (Fsp3) is 0.143. The van der Waals surface area contributed by atoms with Crippen LogP contribution in [0.2, 0.25) is 0 Å². The van der Waals surface area contributed by atoms with E-state index in [1.165, 1.54) is 4.90 Å². The molecule has 2 unspecified atom stereocenters. The summed E-state index contributed by atoms with van der Waals surface area (Å²) in [5, 5.41) is 8.99. The van der Waals surface area contributed by atoms with Crippen LogP contribution in [0.5, 0.6) is 0 Å². The molecule has 3 amide bonds. The van der Waals surface area contributed by atoms with Gasteiger partial charge in [0, 0.05) is 6.20 Å². The highest BCUT2D eigenvalue weighted by atomic mass is 16.2. The molecule has 0 saturated carbocycles. The second-order valence-corrected chi connectivity index (χ2v) is 6.38. The third kappa shape index (κ3) is 2.36. The average Bonchev–Trinajstić information content (AvgIpc) is 2.95. The minimum Gasteiger partial charge on any atom is -0.307 e. The Morgan fingerprint density at radius 3 is 2.04 bits per heavy atom. The van der Waals surface area contributed by atoms with E-state index in [2.05, 4.69) is 6.07 Å². The summed E-state index contributed by atoms with van der Waals surface area (Å²) < 4.78 is 0. The van der Waals surface area contributed by atoms with Crippen molar-refractivity contribution in [3.8, 4) is 6.07 Å². The molecule has 6 nitrogen and oxygen atoms in total. The lowest BCUT2D eigenvalue weighted by Gasteiger charge is -2.48. The first kappa shape index (κ1) is 16.7. The van der Waals surface area contributed by atoms with Gasteiger partial charge in [-0.15, -0.1) is 0 Å². The molecular formula is C21H15N3O3. The number of allylic oxidation sites excluding steroid dienone is 1. The molecule has 0 aliphatic carbocycles. The summed E-state index contributed by atoms with van der Waals surface area (Å²) in [5.41, 5.74) is 1.89. The van der Waals surface area contributed by atoms with Crippen LogP contribution in [0.4, 0.5) is 0 Å². The van der Waals surface area contributed by atoms with Crippen LogP contribution in [-0.4, -0.2) is 33.6 Å². The topological polar surface area (TPSA) is 81.5 Å². The molecule has 1 fully saturated rings. The van der Waals surface area contributed by atoms with Gasteiger partial charge in [-0.1, -0.05) is 30.3 Å². The van der Waals surface area contributed by atoms with Crippen molar-refractivity contribution in [1.29, 1.82) is 5.26 Å². The number of imide groups is 1. The molecule has 2 aromatic carbocycles. The monoisotopic (exact) mass is 357 g/mol. The van der Waals surface area contributed by atoms with Gasteiger partial charge in [-0.25, -0.2) is 0 Å². The number of carbonyl (C=O) groups is 3. The largest absolute Gasteiger partial charge is 0.307 e. The van der Waals surface area contributed by atoms with Crippen LogP contribution in [0.15, 0.2) is 60.8 Å². The van der Waals surface area contributed by atoms with E-state index < -0.39 is 23.9 Å². The lowest BCUT2D eigenvalue weighted by Crippen LogP contribution is -2.64. The number of benzene rings is 2. The number of fused-ring (bicyclic) bond motifs is 1. The molecule has 2 aliphatic heterocycles. The molecule has 2 heterocycles. The fourth-order valence-electron chi connectivity index (χ4n) is 3.63. The van der Waals surface area contributed by atoms with Crippen LogP contribution in [0.25, 0.3) is 0 Å². The molecule has 6 heteroatoms. The van der Waals surface area contributed by atoms with Crippen LogP contribution in [0.3, 0.4) is 0 Å². The molecule has 0 spiro atoms. The van der Waals surface area contributed by atoms with Crippen molar-refractivity contribution in [2.24, 2.45) is 0 Å². The molecule has 2 aliphatic rings. The summed E-state index contributed by atoms with van der Waals surface area (Å²) in [4.78, 5) is 40.9. The van der Waals surface area contributed by atoms with E-state index in [1.54, 1.807) is 67.7 Å². The molecule has 1 saturated heterocycles. The average molecular weight is 357 g/mol. The van der Waals surface area contributed by atoms with Gasteiger partial charge in [0.15, 0.2) is 0 Å². The summed E-state index contributed by atoms with van der Waals surface area (Å²) >= 11 is 0. The van der Waals surface area contributed by atoms with E-state index in [9.17, 15) is 14.4 Å². The van der Waals surface area contributed by atoms with Crippen LogP contribution in [0, 0.1) is 11.3 Å². The van der Waals surface area contributed by atoms with Gasteiger partial charge in [-0.05, 0) is 36.8 Å². The Morgan fingerprint density at radius 1 is 0.926 bits per heavy atom. The smallest absolute Gasteiger partial charge is 0.262 e. The Labute approximate surface area is 155 Å². The number of carbonyl (C=O) groups excluding carboxylic acids is 3. The Hall–Kier alpha value is -3.72. The summed E-state index contributed by atoms with van der Waals surface area (Å²) in [5.74, 6) is -1.21. The van der Waals surface area contributed by atoms with Crippen molar-refractivity contribution in [3.63, 3.8) is 0 Å². The van der Waals surface area contributed by atoms with Crippen LogP contribution in [0.1, 0.15) is 44.8 Å². The molecular weight excluding hydrogens is 342 g/mol. The van der Waals surface area contributed by atoms with Gasteiger partial charge in [0.25, 0.3) is 17.7 Å². The first-order valence-electron chi connectivity index (χ1n) is 8.50. The summed E-state index contributed by atoms with van der Waals surface area (Å²) in [6, 6.07) is 14.1. The van der Waals surface area contributed by atoms with Crippen molar-refractivity contribution >= 4 is 17.7 Å². The second-order valence-electron chi connectivity index (χ2n) is 6.38. The molecule has 132 valence electrons. The highest BCUT2D eigenvalue weighted by Crippen LogP contribution is 2.41. The zero-order valence-corrected chi connectivity index (χ0v) is 14.5. The minimum absolute atomic E-state index is 0.308. The number of hydrogen-bond acceptors (Lipinski definition) is 4. The van der Waals surface area contributed by atoms with Crippen molar-refractivity contribution in [2.75, 3.05) is 0 Å². The Balaban J connectivity index is 1.75. The third-order valence-corrected chi connectivity index (χ3v) is 4.90. The molecule has 0 radical (unpaired) electrons. The number of hydrogen-bond donors (Lipinski definition) is 0. The van der Waals surface area contributed by atoms with Gasteiger partial charge < -0.3 is 4.90 Å². The Kier molecular flexibility index (Phi) is 3.85. The fourth-order valence-corrected chi connectivity index (χ4v) is 3.63. The van der Waals surface area contributed by atoms with Gasteiger partial charge in [-0.3, -0.25) is 19.3 Å². The molecule has 0 bridgehead atoms. The van der Waals surface area contributed by atoms with E-state index in [0.717, 1.165) is 10.5 Å². The van der Waals surface area contributed by atoms with E-state index in [4.69, 9.17) is 5.26 Å². The molecule has 4 rings (SSSR count). The van der Waals surface area contributed by atoms with Crippen molar-refractivity contribution in [1.82, 2.24) is 9.80 Å². The predicted octanol–water partition coefficient (Wildman–Crippen LogP) is 2.64. The van der Waals surface area contributed by atoms with Crippen LogP contribution in [-0.2, 0) is 4.79 Å². The number of nitrogens with zero attached hydrogens (tertiary/aromatic N) is 3. The molecule has 2 aromatic rings. The number of nitriles is 1. The zero-order valence-electron chi connectivity index (χ0n) is 14.5. The number of likely N-dealkylation sites (tertiary alicyclic amines) is 1. The van der Waals surface area contributed by atoms with Gasteiger partial charge >= 0.3 is 0 Å². The molecule has 0 aromatic heterocycles. The lowest BCUT2D eigenvalue weighted by molar-refractivity contribution is -0.150. The molecule has 27 heavy (non-hydrogen) atoms. The first-order chi connectivity index (χ1) is 13.1. The lowest BCUT2D eigenvalue weighted by atomic mass is 9.87. The number of amides is 3. The normalized spacial score (nSPS) is 21.4. The van der Waals surface area contributed by atoms with E-state index in [1.807, 2.05) is 0 Å². The highest BCUT2D eigenvalue weighted by molar-refractivity contribution is 6.23. The van der Waals surface area contributed by atoms with Crippen molar-refractivity contribution in [3.05, 3.63) is 83.1 Å². The van der Waals surface area contributed by atoms with Crippen LogP contribution < -0.4 is 0 Å². The summed E-state index contributed by atoms with van der Waals surface area (Å²) in [6.45, 7) is 1.79.